The number of fused-ring (bicyclic) bond motifs is 11. The van der Waals surface area contributed by atoms with Gasteiger partial charge in [-0.05, 0) is 55.4 Å². The van der Waals surface area contributed by atoms with Crippen LogP contribution in [0.2, 0.25) is 0 Å². The first kappa shape index (κ1) is 24.2. The van der Waals surface area contributed by atoms with E-state index in [1.165, 1.54) is 60.7 Å². The first-order chi connectivity index (χ1) is 21.9. The molecule has 3 aromatic heterocycles. The van der Waals surface area contributed by atoms with Gasteiger partial charge in [-0.2, -0.15) is 0 Å². The molecule has 0 saturated heterocycles. The first-order valence-corrected chi connectivity index (χ1v) is 15.9. The number of benzene rings is 4. The SMILES string of the molecule is C1=Cc2c(n(-c3nc(C4CC=CCC4)nc4c3-c3ccccc3-c3cccc5c6ccccc6n-4c35)c3ccccc23)CC1. The zero-order chi connectivity index (χ0) is 28.8. The van der Waals surface area contributed by atoms with Crippen LogP contribution in [-0.2, 0) is 6.42 Å². The van der Waals surface area contributed by atoms with E-state index in [1.54, 1.807) is 0 Å². The summed E-state index contributed by atoms with van der Waals surface area (Å²) in [6.07, 6.45) is 14.4. The van der Waals surface area contributed by atoms with Gasteiger partial charge in [-0.25, -0.2) is 9.97 Å². The standard InChI is InChI=1S/C40H30N4/c1-2-13-25(14-3-1)38-41-39(43-33-22-9-6-16-27(33)28-17-7-10-23-34(28)43)36-30-19-5-4-15-26(30)31-20-12-21-32-29-18-8-11-24-35(29)44(37(31)32)40(36)42-38/h1-2,4-9,11-12,15-22,24-25H,3,10,13-14,23H2. The highest BCUT2D eigenvalue weighted by atomic mass is 15.2. The summed E-state index contributed by atoms with van der Waals surface area (Å²) in [6, 6.07) is 33.3. The number of rotatable bonds is 2. The highest BCUT2D eigenvalue weighted by Gasteiger charge is 2.32. The Kier molecular flexibility index (Phi) is 5.04. The Morgan fingerprint density at radius 2 is 1.30 bits per heavy atom. The van der Waals surface area contributed by atoms with Gasteiger partial charge in [0.1, 0.15) is 5.82 Å². The molecule has 0 amide bonds. The third-order valence-electron chi connectivity index (χ3n) is 9.98. The van der Waals surface area contributed by atoms with Crippen LogP contribution in [0.15, 0.2) is 109 Å². The van der Waals surface area contributed by atoms with Crippen LogP contribution in [0.1, 0.15) is 48.7 Å². The van der Waals surface area contributed by atoms with Gasteiger partial charge in [-0.3, -0.25) is 9.13 Å². The quantitative estimate of drug-likeness (QED) is 0.195. The maximum Gasteiger partial charge on any atom is 0.151 e. The van der Waals surface area contributed by atoms with Gasteiger partial charge in [0.2, 0.25) is 0 Å². The van der Waals surface area contributed by atoms with Crippen molar-refractivity contribution in [2.24, 2.45) is 0 Å². The third kappa shape index (κ3) is 3.23. The van der Waals surface area contributed by atoms with Crippen LogP contribution in [0.3, 0.4) is 0 Å². The summed E-state index contributed by atoms with van der Waals surface area (Å²) < 4.78 is 4.92. The fourth-order valence-electron chi connectivity index (χ4n) is 8.03. The monoisotopic (exact) mass is 566 g/mol. The second-order valence-corrected chi connectivity index (χ2v) is 12.3. The Labute approximate surface area is 255 Å². The van der Waals surface area contributed by atoms with Crippen molar-refractivity contribution in [2.75, 3.05) is 0 Å². The Morgan fingerprint density at radius 1 is 0.591 bits per heavy atom. The maximum atomic E-state index is 5.62. The van der Waals surface area contributed by atoms with Crippen molar-refractivity contribution in [3.63, 3.8) is 0 Å². The molecule has 0 spiro atoms. The van der Waals surface area contributed by atoms with Crippen molar-refractivity contribution in [2.45, 2.75) is 38.0 Å². The molecular weight excluding hydrogens is 536 g/mol. The van der Waals surface area contributed by atoms with Gasteiger partial charge in [0, 0.05) is 38.9 Å². The van der Waals surface area contributed by atoms with Crippen LogP contribution in [0.4, 0.5) is 0 Å². The van der Waals surface area contributed by atoms with Crippen LogP contribution in [0.25, 0.3) is 72.7 Å². The topological polar surface area (TPSA) is 35.6 Å². The summed E-state index contributed by atoms with van der Waals surface area (Å²) in [5, 5.41) is 3.80. The summed E-state index contributed by atoms with van der Waals surface area (Å²) in [5.41, 5.74) is 11.0. The zero-order valence-electron chi connectivity index (χ0n) is 24.4. The fraction of sp³-hybridized carbons (Fsp3) is 0.150. The van der Waals surface area contributed by atoms with E-state index in [9.17, 15) is 0 Å². The van der Waals surface area contributed by atoms with E-state index in [0.29, 0.717) is 0 Å². The minimum Gasteiger partial charge on any atom is -0.297 e. The molecule has 4 heterocycles. The van der Waals surface area contributed by atoms with Crippen LogP contribution in [0.5, 0.6) is 0 Å². The Morgan fingerprint density at radius 3 is 2.14 bits per heavy atom. The molecule has 10 rings (SSSR count). The molecule has 4 heteroatoms. The molecule has 210 valence electrons. The largest absolute Gasteiger partial charge is 0.297 e. The van der Waals surface area contributed by atoms with Crippen molar-refractivity contribution >= 4 is 38.8 Å². The minimum absolute atomic E-state index is 0.285. The van der Waals surface area contributed by atoms with Crippen LogP contribution >= 0.6 is 0 Å². The van der Waals surface area contributed by atoms with E-state index < -0.39 is 0 Å². The number of hydrogen-bond acceptors (Lipinski definition) is 2. The summed E-state index contributed by atoms with van der Waals surface area (Å²) in [6.45, 7) is 0. The van der Waals surface area contributed by atoms with Crippen molar-refractivity contribution in [1.82, 2.24) is 19.1 Å². The summed E-state index contributed by atoms with van der Waals surface area (Å²) in [4.78, 5) is 11.2. The second kappa shape index (κ2) is 9.14. The van der Waals surface area contributed by atoms with Crippen LogP contribution in [-0.4, -0.2) is 19.1 Å². The van der Waals surface area contributed by atoms with E-state index in [2.05, 4.69) is 124 Å². The van der Waals surface area contributed by atoms with Gasteiger partial charge in [-0.1, -0.05) is 103 Å². The molecule has 4 aromatic carbocycles. The average Bonchev–Trinajstić information content (AvgIpc) is 3.57. The molecule has 1 unspecified atom stereocenters. The van der Waals surface area contributed by atoms with Gasteiger partial charge >= 0.3 is 0 Å². The smallest absolute Gasteiger partial charge is 0.151 e. The lowest BCUT2D eigenvalue weighted by Crippen LogP contribution is -2.16. The highest BCUT2D eigenvalue weighted by molar-refractivity contribution is 6.16. The Balaban J connectivity index is 1.43. The molecule has 44 heavy (non-hydrogen) atoms. The van der Waals surface area contributed by atoms with E-state index in [1.807, 2.05) is 0 Å². The van der Waals surface area contributed by atoms with E-state index >= 15 is 0 Å². The molecule has 0 saturated carbocycles. The van der Waals surface area contributed by atoms with Gasteiger partial charge in [0.25, 0.3) is 0 Å². The predicted octanol–water partition coefficient (Wildman–Crippen LogP) is 9.95. The molecule has 0 fully saturated rings. The summed E-state index contributed by atoms with van der Waals surface area (Å²) >= 11 is 0. The minimum atomic E-state index is 0.285. The molecule has 0 N–H and O–H groups in total. The van der Waals surface area contributed by atoms with E-state index in [-0.39, 0.29) is 5.92 Å². The molecule has 4 nitrogen and oxygen atoms in total. The molecule has 2 aliphatic carbocycles. The molecule has 0 bridgehead atoms. The average molecular weight is 567 g/mol. The van der Waals surface area contributed by atoms with E-state index in [0.717, 1.165) is 55.1 Å². The Hall–Kier alpha value is -5.22. The molecule has 1 aliphatic heterocycles. The van der Waals surface area contributed by atoms with Gasteiger partial charge < -0.3 is 0 Å². The lowest BCUT2D eigenvalue weighted by molar-refractivity contribution is 0.579. The van der Waals surface area contributed by atoms with Crippen LogP contribution in [0, 0.1) is 0 Å². The summed E-state index contributed by atoms with van der Waals surface area (Å²) in [7, 11) is 0. The normalized spacial score (nSPS) is 16.7. The predicted molar refractivity (Wildman–Crippen MR) is 181 cm³/mol. The molecule has 0 radical (unpaired) electrons. The van der Waals surface area contributed by atoms with Crippen molar-refractivity contribution in [3.8, 4) is 33.9 Å². The number of hydrogen-bond donors (Lipinski definition) is 0. The van der Waals surface area contributed by atoms with Crippen molar-refractivity contribution in [3.05, 3.63) is 126 Å². The first-order valence-electron chi connectivity index (χ1n) is 15.9. The van der Waals surface area contributed by atoms with Crippen LogP contribution < -0.4 is 0 Å². The van der Waals surface area contributed by atoms with Gasteiger partial charge in [0.15, 0.2) is 11.6 Å². The second-order valence-electron chi connectivity index (χ2n) is 12.3. The highest BCUT2D eigenvalue weighted by Crippen LogP contribution is 2.49. The number of nitrogens with zero attached hydrogens (tertiary/aromatic N) is 4. The third-order valence-corrected chi connectivity index (χ3v) is 9.98. The number of para-hydroxylation sites is 3. The van der Waals surface area contributed by atoms with Crippen molar-refractivity contribution < 1.29 is 0 Å². The van der Waals surface area contributed by atoms with Gasteiger partial charge in [0.05, 0.1) is 22.1 Å². The fourth-order valence-corrected chi connectivity index (χ4v) is 8.03. The molecule has 1 atom stereocenters. The molecular formula is C40H30N4. The number of aromatic nitrogens is 4. The lowest BCUT2D eigenvalue weighted by Gasteiger charge is -2.23. The maximum absolute atomic E-state index is 5.62. The zero-order valence-corrected chi connectivity index (χ0v) is 24.4. The number of allylic oxidation sites excluding steroid dienone is 3. The van der Waals surface area contributed by atoms with Crippen molar-refractivity contribution in [1.29, 1.82) is 0 Å². The lowest BCUT2D eigenvalue weighted by atomic mass is 9.92. The molecule has 3 aliphatic rings. The molecule has 7 aromatic rings. The van der Waals surface area contributed by atoms with E-state index in [4.69, 9.17) is 9.97 Å². The van der Waals surface area contributed by atoms with Gasteiger partial charge in [-0.15, -0.1) is 0 Å². The summed E-state index contributed by atoms with van der Waals surface area (Å²) in [5.74, 6) is 3.22. The Bertz CT molecular complexity index is 2380.